The minimum atomic E-state index is -0.239. The van der Waals surface area contributed by atoms with Gasteiger partial charge in [-0.3, -0.25) is 4.79 Å². The summed E-state index contributed by atoms with van der Waals surface area (Å²) in [5, 5.41) is 20.6. The molecule has 4 rings (SSSR count). The van der Waals surface area contributed by atoms with E-state index in [-0.39, 0.29) is 16.6 Å². The lowest BCUT2D eigenvalue weighted by Crippen LogP contribution is -2.18. The molecule has 0 radical (unpaired) electrons. The molecule has 0 saturated heterocycles. The molecule has 1 aromatic heterocycles. The minimum absolute atomic E-state index is 0.119. The van der Waals surface area contributed by atoms with Crippen LogP contribution in [0.5, 0.6) is 17.2 Å². The molecule has 0 atom stereocenters. The van der Waals surface area contributed by atoms with Crippen molar-refractivity contribution in [3.05, 3.63) is 76.5 Å². The monoisotopic (exact) mass is 475 g/mol. The highest BCUT2D eigenvalue weighted by Crippen LogP contribution is 2.30. The minimum Gasteiger partial charge on any atom is -0.508 e. The van der Waals surface area contributed by atoms with E-state index in [1.807, 2.05) is 24.3 Å². The van der Waals surface area contributed by atoms with Gasteiger partial charge in [0.2, 0.25) is 5.43 Å². The lowest BCUT2D eigenvalue weighted by molar-refractivity contribution is 0.300. The average Bonchev–Trinajstić information content (AvgIpc) is 2.83. The van der Waals surface area contributed by atoms with E-state index in [9.17, 15) is 15.0 Å². The molecule has 0 fully saturated rings. The summed E-state index contributed by atoms with van der Waals surface area (Å²) in [4.78, 5) is 15.0. The lowest BCUT2D eigenvalue weighted by atomic mass is 10.1. The lowest BCUT2D eigenvalue weighted by Gasteiger charge is -2.16. The average molecular weight is 476 g/mol. The van der Waals surface area contributed by atoms with Gasteiger partial charge in [0, 0.05) is 18.7 Å². The molecule has 1 heterocycles. The van der Waals surface area contributed by atoms with Gasteiger partial charge >= 0.3 is 0 Å². The Morgan fingerprint density at radius 2 is 1.63 bits per heavy atom. The molecule has 4 aromatic rings. The van der Waals surface area contributed by atoms with Crippen LogP contribution in [0.15, 0.2) is 69.9 Å². The molecule has 0 spiro atoms. The highest BCUT2D eigenvalue weighted by molar-refractivity contribution is 5.93. The van der Waals surface area contributed by atoms with Crippen LogP contribution in [-0.2, 0) is 6.54 Å². The summed E-state index contributed by atoms with van der Waals surface area (Å²) in [5.74, 6) is 0.701. The Morgan fingerprint density at radius 3 is 2.46 bits per heavy atom. The fraction of sp³-hybridized carbons (Fsp3) is 0.345. The normalized spacial score (nSPS) is 11.5. The molecule has 0 amide bonds. The summed E-state index contributed by atoms with van der Waals surface area (Å²) < 4.78 is 11.7. The summed E-state index contributed by atoms with van der Waals surface area (Å²) in [6, 6.07) is 17.6. The SMILES string of the molecule is CN(CCCCCCCCOc1cc(O)c2c(=O)c3ccccc3oc2c1)Cc1cccc(O)c1. The van der Waals surface area contributed by atoms with Crippen molar-refractivity contribution < 1.29 is 19.4 Å². The van der Waals surface area contributed by atoms with Crippen molar-refractivity contribution in [1.82, 2.24) is 4.90 Å². The Morgan fingerprint density at radius 1 is 0.857 bits per heavy atom. The second-order valence-electron chi connectivity index (χ2n) is 9.12. The predicted molar refractivity (Wildman–Crippen MR) is 139 cm³/mol. The van der Waals surface area contributed by atoms with Crippen LogP contribution in [-0.4, -0.2) is 35.3 Å². The van der Waals surface area contributed by atoms with Gasteiger partial charge in [-0.05, 0) is 56.3 Å². The first-order valence-corrected chi connectivity index (χ1v) is 12.3. The molecular formula is C29H33NO5. The molecule has 3 aromatic carbocycles. The Labute approximate surface area is 205 Å². The molecular weight excluding hydrogens is 442 g/mol. The number of hydrogen-bond acceptors (Lipinski definition) is 6. The molecule has 6 heteroatoms. The van der Waals surface area contributed by atoms with Gasteiger partial charge in [-0.25, -0.2) is 0 Å². The third kappa shape index (κ3) is 6.55. The summed E-state index contributed by atoms with van der Waals surface area (Å²) >= 11 is 0. The number of nitrogens with zero attached hydrogens (tertiary/aromatic N) is 1. The van der Waals surface area contributed by atoms with Crippen molar-refractivity contribution in [1.29, 1.82) is 0 Å². The first-order valence-electron chi connectivity index (χ1n) is 12.3. The standard InChI is InChI=1S/C29H33NO5/c1-30(20-21-11-10-12-22(31)17-21)15-8-4-2-3-5-9-16-34-23-18-25(32)28-27(19-23)35-26-14-7-6-13-24(26)29(28)33/h6-7,10-14,17-19,31-32H,2-5,8-9,15-16,20H2,1H3. The highest BCUT2D eigenvalue weighted by atomic mass is 16.5. The Balaban J connectivity index is 1.15. The van der Waals surface area contributed by atoms with Crippen LogP contribution in [0.3, 0.4) is 0 Å². The second-order valence-corrected chi connectivity index (χ2v) is 9.12. The van der Waals surface area contributed by atoms with Gasteiger partial charge in [0.15, 0.2) is 0 Å². The van der Waals surface area contributed by atoms with E-state index in [0.717, 1.165) is 44.3 Å². The number of rotatable bonds is 12. The van der Waals surface area contributed by atoms with Crippen LogP contribution < -0.4 is 10.2 Å². The number of fused-ring (bicyclic) bond motifs is 2. The van der Waals surface area contributed by atoms with Gasteiger partial charge in [-0.1, -0.05) is 49.9 Å². The third-order valence-corrected chi connectivity index (χ3v) is 6.20. The largest absolute Gasteiger partial charge is 0.508 e. The molecule has 6 nitrogen and oxygen atoms in total. The number of hydrogen-bond donors (Lipinski definition) is 2. The first-order chi connectivity index (χ1) is 17.0. The Hall–Kier alpha value is -3.51. The van der Waals surface area contributed by atoms with Crippen LogP contribution in [0.1, 0.15) is 44.1 Å². The first kappa shape index (κ1) is 24.6. The zero-order valence-corrected chi connectivity index (χ0v) is 20.2. The van der Waals surface area contributed by atoms with Crippen molar-refractivity contribution >= 4 is 21.9 Å². The maximum Gasteiger partial charge on any atom is 0.204 e. The van der Waals surface area contributed by atoms with Gasteiger partial charge in [0.1, 0.15) is 33.8 Å². The fourth-order valence-corrected chi connectivity index (χ4v) is 4.39. The molecule has 0 unspecified atom stereocenters. The van der Waals surface area contributed by atoms with Crippen LogP contribution in [0, 0.1) is 0 Å². The van der Waals surface area contributed by atoms with E-state index in [2.05, 4.69) is 11.9 Å². The van der Waals surface area contributed by atoms with Crippen molar-refractivity contribution in [3.63, 3.8) is 0 Å². The Bertz CT molecular complexity index is 1330. The third-order valence-electron chi connectivity index (χ3n) is 6.20. The Kier molecular flexibility index (Phi) is 8.27. The van der Waals surface area contributed by atoms with Crippen molar-refractivity contribution in [2.45, 2.75) is 45.1 Å². The van der Waals surface area contributed by atoms with Gasteiger partial charge < -0.3 is 24.3 Å². The summed E-state index contributed by atoms with van der Waals surface area (Å²) in [6.07, 6.45) is 6.70. The smallest absolute Gasteiger partial charge is 0.204 e. The van der Waals surface area contributed by atoms with E-state index >= 15 is 0 Å². The van der Waals surface area contributed by atoms with Crippen molar-refractivity contribution in [2.75, 3.05) is 20.2 Å². The molecule has 35 heavy (non-hydrogen) atoms. The van der Waals surface area contributed by atoms with Crippen LogP contribution >= 0.6 is 0 Å². The number of phenolic OH excluding ortho intramolecular Hbond substituents is 2. The zero-order valence-electron chi connectivity index (χ0n) is 20.2. The van der Waals surface area contributed by atoms with Gasteiger partial charge in [0.05, 0.1) is 12.0 Å². The molecule has 0 aliphatic heterocycles. The quantitative estimate of drug-likeness (QED) is 0.187. The van der Waals surface area contributed by atoms with Gasteiger partial charge in [-0.2, -0.15) is 0 Å². The number of ether oxygens (including phenoxy) is 1. The predicted octanol–water partition coefficient (Wildman–Crippen LogP) is 6.21. The maximum absolute atomic E-state index is 12.7. The molecule has 184 valence electrons. The van der Waals surface area contributed by atoms with E-state index in [1.165, 1.54) is 18.9 Å². The fourth-order valence-electron chi connectivity index (χ4n) is 4.39. The van der Waals surface area contributed by atoms with Crippen molar-refractivity contribution in [3.8, 4) is 17.2 Å². The number of benzene rings is 3. The molecule has 0 bridgehead atoms. The molecule has 0 aliphatic carbocycles. The van der Waals surface area contributed by atoms with Crippen LogP contribution in [0.25, 0.3) is 21.9 Å². The van der Waals surface area contributed by atoms with Gasteiger partial charge in [0.25, 0.3) is 0 Å². The van der Waals surface area contributed by atoms with Crippen LogP contribution in [0.4, 0.5) is 0 Å². The number of aromatic hydroxyl groups is 2. The number of phenols is 2. The summed E-state index contributed by atoms with van der Waals surface area (Å²) in [6.45, 7) is 2.43. The van der Waals surface area contributed by atoms with E-state index in [4.69, 9.17) is 9.15 Å². The van der Waals surface area contributed by atoms with E-state index < -0.39 is 0 Å². The van der Waals surface area contributed by atoms with E-state index in [0.29, 0.717) is 34.7 Å². The number of para-hydroxylation sites is 1. The topological polar surface area (TPSA) is 83.1 Å². The second kappa shape index (κ2) is 11.8. The van der Waals surface area contributed by atoms with Gasteiger partial charge in [-0.15, -0.1) is 0 Å². The van der Waals surface area contributed by atoms with Crippen molar-refractivity contribution in [2.24, 2.45) is 0 Å². The molecule has 0 saturated carbocycles. The number of unbranched alkanes of at least 4 members (excludes halogenated alkanes) is 5. The highest BCUT2D eigenvalue weighted by Gasteiger charge is 2.13. The zero-order chi connectivity index (χ0) is 24.6. The maximum atomic E-state index is 12.7. The van der Waals surface area contributed by atoms with E-state index in [1.54, 1.807) is 30.3 Å². The summed E-state index contributed by atoms with van der Waals surface area (Å²) in [5.41, 5.74) is 1.71. The van der Waals surface area contributed by atoms with Crippen LogP contribution in [0.2, 0.25) is 0 Å². The molecule has 0 aliphatic rings. The molecule has 2 N–H and O–H groups in total. The summed E-state index contributed by atoms with van der Waals surface area (Å²) in [7, 11) is 2.11.